The van der Waals surface area contributed by atoms with Crippen LogP contribution in [0.5, 0.6) is 0 Å². The van der Waals surface area contributed by atoms with Gasteiger partial charge in [0.05, 0.1) is 0 Å². The van der Waals surface area contributed by atoms with Crippen molar-refractivity contribution in [1.82, 2.24) is 4.90 Å². The highest BCUT2D eigenvalue weighted by Crippen LogP contribution is 2.21. The smallest absolute Gasteiger partial charge is 0.256 e. The summed E-state index contributed by atoms with van der Waals surface area (Å²) in [6.45, 7) is 1.09. The van der Waals surface area contributed by atoms with E-state index in [0.29, 0.717) is 18.8 Å². The third kappa shape index (κ3) is 4.09. The van der Waals surface area contributed by atoms with Crippen molar-refractivity contribution in [2.24, 2.45) is 0 Å². The molecule has 2 amide bonds. The molecule has 2 aromatic rings. The van der Waals surface area contributed by atoms with Crippen molar-refractivity contribution < 1.29 is 19.8 Å². The van der Waals surface area contributed by atoms with Crippen LogP contribution in [0.2, 0.25) is 0 Å². The van der Waals surface area contributed by atoms with Gasteiger partial charge in [-0.1, -0.05) is 42.5 Å². The Morgan fingerprint density at radius 2 is 1.42 bits per heavy atom. The average molecular weight is 354 g/mol. The quantitative estimate of drug-likeness (QED) is 0.761. The van der Waals surface area contributed by atoms with Gasteiger partial charge in [-0.05, 0) is 36.1 Å². The number of carbonyl (C=O) groups excluding carboxylic acids is 2. The van der Waals surface area contributed by atoms with E-state index in [1.54, 1.807) is 12.1 Å². The van der Waals surface area contributed by atoms with Crippen molar-refractivity contribution in [2.45, 2.75) is 25.0 Å². The number of aliphatic hydroxyl groups is 2. The van der Waals surface area contributed by atoms with Crippen molar-refractivity contribution in [1.29, 1.82) is 0 Å². The molecule has 0 aromatic heterocycles. The SMILES string of the molecule is O=C(Nc1ccc(-c2ccccc2)cc1)[C@H](O)[C@@H](O)C(=O)N1CCCC1. The van der Waals surface area contributed by atoms with Gasteiger partial charge in [0.15, 0.2) is 12.2 Å². The fraction of sp³-hybridized carbons (Fsp3) is 0.300. The fourth-order valence-corrected chi connectivity index (χ4v) is 3.00. The number of rotatable bonds is 5. The summed E-state index contributed by atoms with van der Waals surface area (Å²) in [5, 5.41) is 22.5. The Hall–Kier alpha value is -2.70. The number of hydrogen-bond donors (Lipinski definition) is 3. The molecule has 6 heteroatoms. The van der Waals surface area contributed by atoms with Gasteiger partial charge < -0.3 is 20.4 Å². The van der Waals surface area contributed by atoms with Crippen LogP contribution in [0.1, 0.15) is 12.8 Å². The summed E-state index contributed by atoms with van der Waals surface area (Å²) >= 11 is 0. The van der Waals surface area contributed by atoms with Gasteiger partial charge in [-0.15, -0.1) is 0 Å². The largest absolute Gasteiger partial charge is 0.380 e. The van der Waals surface area contributed by atoms with E-state index in [9.17, 15) is 19.8 Å². The van der Waals surface area contributed by atoms with Gasteiger partial charge in [0.25, 0.3) is 11.8 Å². The standard InChI is InChI=1S/C20H22N2O4/c23-17(18(24)20(26)22-12-4-5-13-22)19(25)21-16-10-8-15(9-11-16)14-6-2-1-3-7-14/h1-3,6-11,17-18,23-24H,4-5,12-13H2,(H,21,25)/t17-,18-/m1/s1. The molecule has 6 nitrogen and oxygen atoms in total. The molecule has 1 heterocycles. The summed E-state index contributed by atoms with van der Waals surface area (Å²) in [7, 11) is 0. The normalized spacial score (nSPS) is 16.2. The minimum atomic E-state index is -1.81. The lowest BCUT2D eigenvalue weighted by Crippen LogP contribution is -2.48. The monoisotopic (exact) mass is 354 g/mol. The Balaban J connectivity index is 1.61. The second-order valence-corrected chi connectivity index (χ2v) is 6.35. The van der Waals surface area contributed by atoms with E-state index in [-0.39, 0.29) is 0 Å². The molecule has 0 unspecified atom stereocenters. The van der Waals surface area contributed by atoms with Gasteiger partial charge in [-0.2, -0.15) is 0 Å². The Morgan fingerprint density at radius 3 is 2.04 bits per heavy atom. The molecule has 0 aliphatic carbocycles. The fourth-order valence-electron chi connectivity index (χ4n) is 3.00. The van der Waals surface area contributed by atoms with E-state index in [4.69, 9.17) is 0 Å². The molecule has 2 aromatic carbocycles. The third-order valence-corrected chi connectivity index (χ3v) is 4.50. The molecule has 1 aliphatic heterocycles. The minimum Gasteiger partial charge on any atom is -0.380 e. The zero-order valence-electron chi connectivity index (χ0n) is 14.3. The molecule has 0 bridgehead atoms. The number of nitrogens with zero attached hydrogens (tertiary/aromatic N) is 1. The highest BCUT2D eigenvalue weighted by Gasteiger charge is 2.34. The minimum absolute atomic E-state index is 0.481. The molecular formula is C20H22N2O4. The first-order chi connectivity index (χ1) is 12.6. The van der Waals surface area contributed by atoms with Crippen molar-refractivity contribution in [3.8, 4) is 11.1 Å². The highest BCUT2D eigenvalue weighted by molar-refractivity contribution is 5.98. The second-order valence-electron chi connectivity index (χ2n) is 6.35. The summed E-state index contributed by atoms with van der Waals surface area (Å²) in [6.07, 6.45) is -1.82. The number of hydrogen-bond acceptors (Lipinski definition) is 4. The molecule has 1 aliphatic rings. The predicted molar refractivity (Wildman–Crippen MR) is 98.3 cm³/mol. The van der Waals surface area contributed by atoms with E-state index in [1.807, 2.05) is 42.5 Å². The van der Waals surface area contributed by atoms with E-state index in [2.05, 4.69) is 5.32 Å². The maximum Gasteiger partial charge on any atom is 0.256 e. The number of likely N-dealkylation sites (tertiary alicyclic amines) is 1. The van der Waals surface area contributed by atoms with Crippen molar-refractivity contribution >= 4 is 17.5 Å². The molecule has 26 heavy (non-hydrogen) atoms. The molecule has 1 saturated heterocycles. The zero-order valence-corrected chi connectivity index (χ0v) is 14.3. The molecule has 2 atom stereocenters. The summed E-state index contributed by atoms with van der Waals surface area (Å²) in [4.78, 5) is 25.7. The van der Waals surface area contributed by atoms with E-state index < -0.39 is 24.0 Å². The zero-order chi connectivity index (χ0) is 18.5. The average Bonchev–Trinajstić information content (AvgIpc) is 3.22. The van der Waals surface area contributed by atoms with Crippen LogP contribution in [0, 0.1) is 0 Å². The Bertz CT molecular complexity index is 755. The van der Waals surface area contributed by atoms with Crippen molar-refractivity contribution in [3.05, 3.63) is 54.6 Å². The first-order valence-electron chi connectivity index (χ1n) is 8.67. The highest BCUT2D eigenvalue weighted by atomic mass is 16.3. The maximum atomic E-state index is 12.1. The van der Waals surface area contributed by atoms with E-state index in [1.165, 1.54) is 4.90 Å². The summed E-state index contributed by atoms with van der Waals surface area (Å²) in [6, 6.07) is 16.9. The van der Waals surface area contributed by atoms with Crippen molar-refractivity contribution in [2.75, 3.05) is 18.4 Å². The molecule has 136 valence electrons. The van der Waals surface area contributed by atoms with Gasteiger partial charge in [0.1, 0.15) is 0 Å². The number of nitrogens with one attached hydrogen (secondary N) is 1. The third-order valence-electron chi connectivity index (χ3n) is 4.50. The van der Waals surface area contributed by atoms with Gasteiger partial charge >= 0.3 is 0 Å². The predicted octanol–water partition coefficient (Wildman–Crippen LogP) is 1.64. The van der Waals surface area contributed by atoms with E-state index >= 15 is 0 Å². The molecule has 3 rings (SSSR count). The van der Waals surface area contributed by atoms with Crippen LogP contribution in [0.4, 0.5) is 5.69 Å². The lowest BCUT2D eigenvalue weighted by molar-refractivity contribution is -0.150. The van der Waals surface area contributed by atoms with Gasteiger partial charge in [-0.25, -0.2) is 0 Å². The van der Waals surface area contributed by atoms with Crippen LogP contribution in [-0.2, 0) is 9.59 Å². The first-order valence-corrected chi connectivity index (χ1v) is 8.67. The second kappa shape index (κ2) is 8.12. The topological polar surface area (TPSA) is 89.9 Å². The Morgan fingerprint density at radius 1 is 0.846 bits per heavy atom. The molecule has 0 saturated carbocycles. The Labute approximate surface area is 152 Å². The van der Waals surface area contributed by atoms with Crippen LogP contribution in [0.25, 0.3) is 11.1 Å². The molecule has 1 fully saturated rings. The summed E-state index contributed by atoms with van der Waals surface area (Å²) < 4.78 is 0. The van der Waals surface area contributed by atoms with Crippen LogP contribution in [0.3, 0.4) is 0 Å². The van der Waals surface area contributed by atoms with E-state index in [0.717, 1.165) is 24.0 Å². The van der Waals surface area contributed by atoms with Gasteiger partial charge in [-0.3, -0.25) is 9.59 Å². The first kappa shape index (κ1) is 18.1. The number of carbonyl (C=O) groups is 2. The number of anilines is 1. The molecule has 3 N–H and O–H groups in total. The number of aliphatic hydroxyl groups excluding tert-OH is 2. The van der Waals surface area contributed by atoms with Crippen LogP contribution in [0.15, 0.2) is 54.6 Å². The van der Waals surface area contributed by atoms with Gasteiger partial charge in [0.2, 0.25) is 0 Å². The maximum absolute atomic E-state index is 12.1. The Kier molecular flexibility index (Phi) is 5.65. The lowest BCUT2D eigenvalue weighted by atomic mass is 10.1. The molecule has 0 spiro atoms. The lowest BCUT2D eigenvalue weighted by Gasteiger charge is -2.22. The van der Waals surface area contributed by atoms with Gasteiger partial charge in [0, 0.05) is 18.8 Å². The molecule has 0 radical (unpaired) electrons. The van der Waals surface area contributed by atoms with Crippen LogP contribution in [-0.4, -0.2) is 52.2 Å². The van der Waals surface area contributed by atoms with Crippen LogP contribution < -0.4 is 5.32 Å². The summed E-state index contributed by atoms with van der Waals surface area (Å²) in [5.74, 6) is -1.41. The number of amides is 2. The van der Waals surface area contributed by atoms with Crippen LogP contribution >= 0.6 is 0 Å². The number of benzene rings is 2. The van der Waals surface area contributed by atoms with Crippen molar-refractivity contribution in [3.63, 3.8) is 0 Å². The molecular weight excluding hydrogens is 332 g/mol. The summed E-state index contributed by atoms with van der Waals surface area (Å²) in [5.41, 5.74) is 2.53.